The first-order valence-corrected chi connectivity index (χ1v) is 11.4. The van der Waals surface area contributed by atoms with E-state index in [9.17, 15) is 5.11 Å². The fourth-order valence-electron chi connectivity index (χ4n) is 4.21. The van der Waals surface area contributed by atoms with Gasteiger partial charge in [-0.25, -0.2) is 9.97 Å². The number of aliphatic hydroxyl groups is 1. The van der Waals surface area contributed by atoms with Crippen LogP contribution in [0, 0.1) is 0 Å². The molecule has 0 bridgehead atoms. The normalized spacial score (nSPS) is 14.8. The van der Waals surface area contributed by atoms with Crippen LogP contribution in [0.4, 0.5) is 0 Å². The van der Waals surface area contributed by atoms with Gasteiger partial charge in [-0.05, 0) is 68.4 Å². The summed E-state index contributed by atoms with van der Waals surface area (Å²) in [6.07, 6.45) is 5.66. The number of aliphatic hydroxyl groups excluding tert-OH is 1. The van der Waals surface area contributed by atoms with Crippen molar-refractivity contribution in [3.8, 4) is 6.01 Å². The zero-order valence-corrected chi connectivity index (χ0v) is 18.7. The van der Waals surface area contributed by atoms with Crippen molar-refractivity contribution >= 4 is 26.8 Å². The van der Waals surface area contributed by atoms with Crippen LogP contribution in [-0.4, -0.2) is 32.4 Å². The van der Waals surface area contributed by atoms with Gasteiger partial charge >= 0.3 is 6.01 Å². The lowest BCUT2D eigenvalue weighted by Gasteiger charge is -2.19. The molecule has 2 aromatic heterocycles. The molecule has 0 aliphatic heterocycles. The van der Waals surface area contributed by atoms with Gasteiger partial charge in [0, 0.05) is 32.5 Å². The van der Waals surface area contributed by atoms with Crippen molar-refractivity contribution in [2.24, 2.45) is 0 Å². The number of nitrogens with zero attached hydrogens (tertiary/aromatic N) is 3. The third-order valence-electron chi connectivity index (χ3n) is 5.67. The van der Waals surface area contributed by atoms with E-state index < -0.39 is 6.10 Å². The Morgan fingerprint density at radius 3 is 2.55 bits per heavy atom. The first-order valence-electron chi connectivity index (χ1n) is 10.6. The third kappa shape index (κ3) is 4.33. The Balaban J connectivity index is 1.53. The highest BCUT2D eigenvalue weighted by Gasteiger charge is 2.22. The number of aromatic nitrogens is 3. The van der Waals surface area contributed by atoms with E-state index in [0.717, 1.165) is 41.5 Å². The molecule has 1 aliphatic rings. The van der Waals surface area contributed by atoms with Crippen LogP contribution in [0.15, 0.2) is 28.7 Å². The molecule has 0 saturated carbocycles. The van der Waals surface area contributed by atoms with E-state index in [1.807, 2.05) is 6.07 Å². The Hall–Kier alpha value is -1.92. The number of halogens is 1. The van der Waals surface area contributed by atoms with Crippen LogP contribution in [-0.2, 0) is 32.2 Å². The Labute approximate surface area is 180 Å². The number of hydrogen-bond acceptors (Lipinski definition) is 4. The second-order valence-electron chi connectivity index (χ2n) is 7.71. The zero-order valence-electron chi connectivity index (χ0n) is 17.1. The van der Waals surface area contributed by atoms with Crippen molar-refractivity contribution in [3.05, 3.63) is 51.4 Å². The van der Waals surface area contributed by atoms with Gasteiger partial charge in [-0.15, -0.1) is 0 Å². The molecule has 1 N–H and O–H groups in total. The molecule has 154 valence electrons. The highest BCUT2D eigenvalue weighted by atomic mass is 79.9. The van der Waals surface area contributed by atoms with Crippen molar-refractivity contribution in [1.29, 1.82) is 0 Å². The number of aryl methyl sites for hydroxylation is 3. The number of hydrogen-bond donors (Lipinski definition) is 1. The van der Waals surface area contributed by atoms with Crippen molar-refractivity contribution < 1.29 is 9.84 Å². The SMILES string of the molecule is CCc1cc(CC)nc(OCC(O)Cn2c3c(c4cc(Br)ccc42)CCCC3)n1. The smallest absolute Gasteiger partial charge is 0.316 e. The van der Waals surface area contributed by atoms with Gasteiger partial charge in [-0.1, -0.05) is 29.8 Å². The molecule has 0 fully saturated rings. The molecule has 29 heavy (non-hydrogen) atoms. The maximum atomic E-state index is 10.7. The van der Waals surface area contributed by atoms with Crippen molar-refractivity contribution in [2.45, 2.75) is 65.0 Å². The standard InChI is InChI=1S/C23H28BrN3O2/c1-3-16-12-17(4-2)26-23(25-16)29-14-18(28)13-27-21-8-6-5-7-19(21)20-11-15(24)9-10-22(20)27/h9-12,18,28H,3-8,13-14H2,1-2H3. The molecule has 0 radical (unpaired) electrons. The molecule has 1 aliphatic carbocycles. The molecule has 0 saturated heterocycles. The van der Waals surface area contributed by atoms with E-state index >= 15 is 0 Å². The van der Waals surface area contributed by atoms with Crippen molar-refractivity contribution in [3.63, 3.8) is 0 Å². The minimum atomic E-state index is -0.626. The largest absolute Gasteiger partial charge is 0.461 e. The summed E-state index contributed by atoms with van der Waals surface area (Å²) >= 11 is 3.60. The second kappa shape index (κ2) is 8.84. The maximum Gasteiger partial charge on any atom is 0.316 e. The van der Waals surface area contributed by atoms with E-state index in [0.29, 0.717) is 12.6 Å². The number of benzene rings is 1. The Bertz CT molecular complexity index is 993. The summed E-state index contributed by atoms with van der Waals surface area (Å²) in [5, 5.41) is 12.0. The molecule has 0 amide bonds. The fraction of sp³-hybridized carbons (Fsp3) is 0.478. The monoisotopic (exact) mass is 457 g/mol. The fourth-order valence-corrected chi connectivity index (χ4v) is 4.57. The van der Waals surface area contributed by atoms with E-state index in [-0.39, 0.29) is 6.61 Å². The minimum absolute atomic E-state index is 0.182. The van der Waals surface area contributed by atoms with Crippen LogP contribution in [0.5, 0.6) is 6.01 Å². The summed E-state index contributed by atoms with van der Waals surface area (Å²) in [7, 11) is 0. The number of fused-ring (bicyclic) bond motifs is 3. The predicted octanol–water partition coefficient (Wildman–Crippen LogP) is 4.64. The van der Waals surface area contributed by atoms with Gasteiger partial charge in [0.25, 0.3) is 0 Å². The molecular formula is C23H28BrN3O2. The van der Waals surface area contributed by atoms with Crippen LogP contribution < -0.4 is 4.74 Å². The van der Waals surface area contributed by atoms with Crippen LogP contribution in [0.1, 0.15) is 49.3 Å². The van der Waals surface area contributed by atoms with Gasteiger partial charge < -0.3 is 14.4 Å². The highest BCUT2D eigenvalue weighted by molar-refractivity contribution is 9.10. The maximum absolute atomic E-state index is 10.7. The lowest BCUT2D eigenvalue weighted by molar-refractivity contribution is 0.0877. The summed E-state index contributed by atoms with van der Waals surface area (Å²) in [6.45, 7) is 4.83. The first-order chi connectivity index (χ1) is 14.1. The lowest BCUT2D eigenvalue weighted by atomic mass is 9.95. The van der Waals surface area contributed by atoms with Gasteiger partial charge in [-0.3, -0.25) is 0 Å². The van der Waals surface area contributed by atoms with E-state index in [2.05, 4.69) is 62.5 Å². The molecule has 5 nitrogen and oxygen atoms in total. The van der Waals surface area contributed by atoms with Gasteiger partial charge in [-0.2, -0.15) is 0 Å². The highest BCUT2D eigenvalue weighted by Crippen LogP contribution is 2.34. The quantitative estimate of drug-likeness (QED) is 0.561. The van der Waals surface area contributed by atoms with Gasteiger partial charge in [0.05, 0.1) is 6.54 Å². The third-order valence-corrected chi connectivity index (χ3v) is 6.17. The van der Waals surface area contributed by atoms with Gasteiger partial charge in [0.1, 0.15) is 12.7 Å². The van der Waals surface area contributed by atoms with Crippen LogP contribution in [0.2, 0.25) is 0 Å². The van der Waals surface area contributed by atoms with E-state index in [1.165, 1.54) is 35.0 Å². The molecule has 2 heterocycles. The topological polar surface area (TPSA) is 60.2 Å². The lowest BCUT2D eigenvalue weighted by Crippen LogP contribution is -2.25. The van der Waals surface area contributed by atoms with Crippen LogP contribution in [0.25, 0.3) is 10.9 Å². The Kier molecular flexibility index (Phi) is 6.20. The van der Waals surface area contributed by atoms with Crippen LogP contribution in [0.3, 0.4) is 0 Å². The van der Waals surface area contributed by atoms with E-state index in [1.54, 1.807) is 0 Å². The molecular weight excluding hydrogens is 430 g/mol. The minimum Gasteiger partial charge on any atom is -0.461 e. The van der Waals surface area contributed by atoms with Crippen molar-refractivity contribution in [2.75, 3.05) is 6.61 Å². The molecule has 1 unspecified atom stereocenters. The molecule has 4 rings (SSSR count). The first kappa shape index (κ1) is 20.4. The zero-order chi connectivity index (χ0) is 20.4. The number of rotatable bonds is 7. The molecule has 6 heteroatoms. The average Bonchev–Trinajstić information content (AvgIpc) is 3.05. The van der Waals surface area contributed by atoms with Gasteiger partial charge in [0.2, 0.25) is 0 Å². The summed E-state index contributed by atoms with van der Waals surface area (Å²) in [5.41, 5.74) is 5.93. The Morgan fingerprint density at radius 2 is 1.83 bits per heavy atom. The Morgan fingerprint density at radius 1 is 1.10 bits per heavy atom. The average molecular weight is 458 g/mol. The predicted molar refractivity (Wildman–Crippen MR) is 119 cm³/mol. The van der Waals surface area contributed by atoms with Crippen LogP contribution >= 0.6 is 15.9 Å². The summed E-state index contributed by atoms with van der Waals surface area (Å²) < 4.78 is 9.16. The summed E-state index contributed by atoms with van der Waals surface area (Å²) in [5.74, 6) is 0. The molecule has 0 spiro atoms. The molecule has 3 aromatic rings. The van der Waals surface area contributed by atoms with Gasteiger partial charge in [0.15, 0.2) is 0 Å². The summed E-state index contributed by atoms with van der Waals surface area (Å²) in [4.78, 5) is 8.88. The number of ether oxygens (including phenoxy) is 1. The van der Waals surface area contributed by atoms with Crippen molar-refractivity contribution in [1.82, 2.24) is 14.5 Å². The van der Waals surface area contributed by atoms with E-state index in [4.69, 9.17) is 4.74 Å². The summed E-state index contributed by atoms with van der Waals surface area (Å²) in [6, 6.07) is 8.80. The molecule has 1 aromatic carbocycles. The molecule has 1 atom stereocenters. The second-order valence-corrected chi connectivity index (χ2v) is 8.63.